The highest BCUT2D eigenvalue weighted by atomic mass is 16.5. The van der Waals surface area contributed by atoms with Crippen LogP contribution in [-0.4, -0.2) is 19.6 Å². The van der Waals surface area contributed by atoms with Gasteiger partial charge in [-0.2, -0.15) is 0 Å². The molecule has 2 rings (SSSR count). The Labute approximate surface area is 137 Å². The lowest BCUT2D eigenvalue weighted by atomic mass is 10.0. The third kappa shape index (κ3) is 4.74. The van der Waals surface area contributed by atoms with Crippen LogP contribution < -0.4 is 14.8 Å². The minimum Gasteiger partial charge on any atom is -0.497 e. The molecule has 0 aromatic heterocycles. The van der Waals surface area contributed by atoms with Gasteiger partial charge in [-0.3, -0.25) is 4.79 Å². The largest absolute Gasteiger partial charge is 0.497 e. The molecule has 0 aliphatic rings. The van der Waals surface area contributed by atoms with Gasteiger partial charge in [0.1, 0.15) is 11.5 Å². The summed E-state index contributed by atoms with van der Waals surface area (Å²) >= 11 is 0. The Hall–Kier alpha value is -2.49. The van der Waals surface area contributed by atoms with Gasteiger partial charge in [0.15, 0.2) is 6.61 Å². The highest BCUT2D eigenvalue weighted by molar-refractivity contribution is 5.78. The normalized spacial score (nSPS) is 11.7. The molecule has 0 bridgehead atoms. The molecule has 23 heavy (non-hydrogen) atoms. The second kappa shape index (κ2) is 7.68. The van der Waals surface area contributed by atoms with Crippen LogP contribution in [0.3, 0.4) is 0 Å². The molecule has 2 aromatic rings. The SMILES string of the molecule is COc1ccc(OCC(=O)N[C@H](C)c2ccc(C)cc2C)cc1. The monoisotopic (exact) mass is 313 g/mol. The number of nitrogens with one attached hydrogen (secondary N) is 1. The fourth-order valence-electron chi connectivity index (χ4n) is 2.49. The van der Waals surface area contributed by atoms with Gasteiger partial charge >= 0.3 is 0 Å². The first-order valence-corrected chi connectivity index (χ1v) is 7.63. The molecule has 0 aliphatic heterocycles. The molecule has 0 unspecified atom stereocenters. The molecule has 0 saturated carbocycles. The highest BCUT2D eigenvalue weighted by Gasteiger charge is 2.12. The molecule has 1 atom stereocenters. The lowest BCUT2D eigenvalue weighted by Gasteiger charge is -2.17. The molecule has 4 nitrogen and oxygen atoms in total. The summed E-state index contributed by atoms with van der Waals surface area (Å²) in [5.41, 5.74) is 3.51. The van der Waals surface area contributed by atoms with Gasteiger partial charge in [-0.25, -0.2) is 0 Å². The Balaban J connectivity index is 1.88. The molecule has 2 aromatic carbocycles. The molecular formula is C19H23NO3. The number of benzene rings is 2. The van der Waals surface area contributed by atoms with Gasteiger partial charge in [0.05, 0.1) is 13.2 Å². The van der Waals surface area contributed by atoms with Gasteiger partial charge in [-0.15, -0.1) is 0 Å². The lowest BCUT2D eigenvalue weighted by molar-refractivity contribution is -0.123. The fraction of sp³-hybridized carbons (Fsp3) is 0.316. The van der Waals surface area contributed by atoms with E-state index in [4.69, 9.17) is 9.47 Å². The van der Waals surface area contributed by atoms with Crippen LogP contribution in [0.1, 0.15) is 29.7 Å². The Morgan fingerprint density at radius 2 is 1.74 bits per heavy atom. The van der Waals surface area contributed by atoms with Crippen LogP contribution in [0.5, 0.6) is 11.5 Å². The van der Waals surface area contributed by atoms with Crippen molar-refractivity contribution in [1.29, 1.82) is 0 Å². The van der Waals surface area contributed by atoms with Crippen molar-refractivity contribution in [1.82, 2.24) is 5.32 Å². The maximum atomic E-state index is 12.0. The van der Waals surface area contributed by atoms with Gasteiger partial charge in [0, 0.05) is 0 Å². The van der Waals surface area contributed by atoms with Gasteiger partial charge in [-0.1, -0.05) is 23.8 Å². The molecule has 0 radical (unpaired) electrons. The molecule has 122 valence electrons. The Morgan fingerprint density at radius 1 is 1.09 bits per heavy atom. The van der Waals surface area contributed by atoms with Crippen molar-refractivity contribution in [3.8, 4) is 11.5 Å². The first-order valence-electron chi connectivity index (χ1n) is 7.63. The quantitative estimate of drug-likeness (QED) is 0.887. The second-order valence-electron chi connectivity index (χ2n) is 5.61. The smallest absolute Gasteiger partial charge is 0.258 e. The summed E-state index contributed by atoms with van der Waals surface area (Å²) in [6, 6.07) is 13.3. The van der Waals surface area contributed by atoms with Crippen LogP contribution in [0.15, 0.2) is 42.5 Å². The van der Waals surface area contributed by atoms with Crippen LogP contribution >= 0.6 is 0 Å². The lowest BCUT2D eigenvalue weighted by Crippen LogP contribution is -2.31. The summed E-state index contributed by atoms with van der Waals surface area (Å²) in [5, 5.41) is 2.96. The fourth-order valence-corrected chi connectivity index (χ4v) is 2.49. The van der Waals surface area contributed by atoms with Crippen molar-refractivity contribution in [3.05, 3.63) is 59.2 Å². The minimum absolute atomic E-state index is 0.0123. The summed E-state index contributed by atoms with van der Waals surface area (Å²) < 4.78 is 10.6. The van der Waals surface area contributed by atoms with Gasteiger partial charge in [-0.05, 0) is 56.2 Å². The number of carbonyl (C=O) groups is 1. The Bertz CT molecular complexity index is 665. The van der Waals surface area contributed by atoms with Crippen molar-refractivity contribution in [2.75, 3.05) is 13.7 Å². The number of carbonyl (C=O) groups excluding carboxylic acids is 1. The van der Waals surface area contributed by atoms with Crippen molar-refractivity contribution < 1.29 is 14.3 Å². The average Bonchev–Trinajstić information content (AvgIpc) is 2.53. The summed E-state index contributed by atoms with van der Waals surface area (Å²) in [6.45, 7) is 6.08. The predicted molar refractivity (Wildman–Crippen MR) is 91.0 cm³/mol. The van der Waals surface area contributed by atoms with Crippen LogP contribution in [0.4, 0.5) is 0 Å². The molecule has 1 amide bonds. The molecule has 0 heterocycles. The van der Waals surface area contributed by atoms with Crippen LogP contribution in [0.25, 0.3) is 0 Å². The van der Waals surface area contributed by atoms with E-state index in [0.29, 0.717) is 5.75 Å². The zero-order valence-corrected chi connectivity index (χ0v) is 14.1. The molecule has 1 N–H and O–H groups in total. The number of ether oxygens (including phenoxy) is 2. The summed E-state index contributed by atoms with van der Waals surface area (Å²) in [7, 11) is 1.61. The summed E-state index contributed by atoms with van der Waals surface area (Å²) in [4.78, 5) is 12.0. The van der Waals surface area contributed by atoms with E-state index in [1.807, 2.05) is 6.92 Å². The molecule has 4 heteroatoms. The average molecular weight is 313 g/mol. The van der Waals surface area contributed by atoms with Crippen molar-refractivity contribution in [2.24, 2.45) is 0 Å². The van der Waals surface area contributed by atoms with Crippen molar-refractivity contribution >= 4 is 5.91 Å². The zero-order valence-electron chi connectivity index (χ0n) is 14.1. The summed E-state index contributed by atoms with van der Waals surface area (Å²) in [5.74, 6) is 1.25. The van der Waals surface area contributed by atoms with Gasteiger partial charge < -0.3 is 14.8 Å². The summed E-state index contributed by atoms with van der Waals surface area (Å²) in [6.07, 6.45) is 0. The molecule has 0 saturated heterocycles. The third-order valence-corrected chi connectivity index (χ3v) is 3.70. The molecule has 0 spiro atoms. The van der Waals surface area contributed by atoms with Gasteiger partial charge in [0.25, 0.3) is 5.91 Å². The highest BCUT2D eigenvalue weighted by Crippen LogP contribution is 2.19. The van der Waals surface area contributed by atoms with Crippen LogP contribution in [0, 0.1) is 13.8 Å². The number of hydrogen-bond donors (Lipinski definition) is 1. The van der Waals surface area contributed by atoms with E-state index in [1.54, 1.807) is 31.4 Å². The first kappa shape index (κ1) is 16.9. The first-order chi connectivity index (χ1) is 11.0. The molecule has 0 fully saturated rings. The van der Waals surface area contributed by atoms with E-state index in [1.165, 1.54) is 11.1 Å². The predicted octanol–water partition coefficient (Wildman–Crippen LogP) is 3.57. The van der Waals surface area contributed by atoms with Gasteiger partial charge in [0.2, 0.25) is 0 Å². The number of rotatable bonds is 6. The number of amides is 1. The topological polar surface area (TPSA) is 47.6 Å². The molecular weight excluding hydrogens is 290 g/mol. The van der Waals surface area contributed by atoms with E-state index in [9.17, 15) is 4.79 Å². The maximum Gasteiger partial charge on any atom is 0.258 e. The third-order valence-electron chi connectivity index (χ3n) is 3.70. The standard InChI is InChI=1S/C19H23NO3/c1-13-5-10-18(14(2)11-13)15(3)20-19(21)12-23-17-8-6-16(22-4)7-9-17/h5-11,15H,12H2,1-4H3,(H,20,21)/t15-/m1/s1. The van der Waals surface area contributed by atoms with E-state index < -0.39 is 0 Å². The zero-order chi connectivity index (χ0) is 16.8. The second-order valence-corrected chi connectivity index (χ2v) is 5.61. The van der Waals surface area contributed by atoms with E-state index >= 15 is 0 Å². The van der Waals surface area contributed by atoms with Crippen molar-refractivity contribution in [3.63, 3.8) is 0 Å². The van der Waals surface area contributed by atoms with E-state index in [0.717, 1.165) is 11.3 Å². The van der Waals surface area contributed by atoms with E-state index in [-0.39, 0.29) is 18.6 Å². The number of hydrogen-bond acceptors (Lipinski definition) is 3. The Morgan fingerprint density at radius 3 is 2.35 bits per heavy atom. The molecule has 0 aliphatic carbocycles. The van der Waals surface area contributed by atoms with Crippen molar-refractivity contribution in [2.45, 2.75) is 26.8 Å². The maximum absolute atomic E-state index is 12.0. The number of methoxy groups -OCH3 is 1. The van der Waals surface area contributed by atoms with Crippen LogP contribution in [-0.2, 0) is 4.79 Å². The number of aryl methyl sites for hydroxylation is 2. The minimum atomic E-state index is -0.145. The Kier molecular flexibility index (Phi) is 5.63. The van der Waals surface area contributed by atoms with E-state index in [2.05, 4.69) is 37.4 Å². The van der Waals surface area contributed by atoms with Crippen LogP contribution in [0.2, 0.25) is 0 Å².